The van der Waals surface area contributed by atoms with Crippen LogP contribution in [0.3, 0.4) is 0 Å². The summed E-state index contributed by atoms with van der Waals surface area (Å²) in [5.41, 5.74) is 1.99. The molecule has 2 heterocycles. The number of thiazole rings is 1. The van der Waals surface area contributed by atoms with Crippen LogP contribution in [0, 0.1) is 12.7 Å². The summed E-state index contributed by atoms with van der Waals surface area (Å²) < 4.78 is 20.1. The van der Waals surface area contributed by atoms with Crippen molar-refractivity contribution >= 4 is 28.7 Å². The van der Waals surface area contributed by atoms with Gasteiger partial charge in [-0.2, -0.15) is 0 Å². The zero-order valence-corrected chi connectivity index (χ0v) is 16.0. The molecule has 0 saturated heterocycles. The van der Waals surface area contributed by atoms with E-state index in [4.69, 9.17) is 4.74 Å². The van der Waals surface area contributed by atoms with E-state index in [2.05, 4.69) is 15.3 Å². The van der Waals surface area contributed by atoms with Gasteiger partial charge in [-0.15, -0.1) is 11.3 Å². The van der Waals surface area contributed by atoms with Crippen molar-refractivity contribution in [1.29, 1.82) is 0 Å². The number of rotatable bonds is 6. The lowest BCUT2D eigenvalue weighted by Gasteiger charge is -2.06. The summed E-state index contributed by atoms with van der Waals surface area (Å²) in [5, 5.41) is 3.03. The number of allylic oxidation sites excluding steroid dienone is 1. The average Bonchev–Trinajstić information content (AvgIpc) is 2.95. The van der Waals surface area contributed by atoms with Crippen molar-refractivity contribution in [3.05, 3.63) is 68.5 Å². The molecular weight excluding hydrogens is 367 g/mol. The van der Waals surface area contributed by atoms with Crippen molar-refractivity contribution in [1.82, 2.24) is 14.7 Å². The summed E-state index contributed by atoms with van der Waals surface area (Å²) in [7, 11) is 1.68. The second-order valence-electron chi connectivity index (χ2n) is 5.85. The summed E-state index contributed by atoms with van der Waals surface area (Å²) in [6.45, 7) is 3.97. The average molecular weight is 386 g/mol. The van der Waals surface area contributed by atoms with E-state index in [1.54, 1.807) is 17.8 Å². The second kappa shape index (κ2) is 8.13. The number of halogens is 1. The summed E-state index contributed by atoms with van der Waals surface area (Å²) in [4.78, 5) is 22.6. The van der Waals surface area contributed by atoms with Crippen LogP contribution in [0.4, 0.5) is 4.39 Å². The molecular formula is C19H19FN4O2S. The molecule has 0 amide bonds. The van der Waals surface area contributed by atoms with Gasteiger partial charge in [0.2, 0.25) is 0 Å². The first-order chi connectivity index (χ1) is 13.0. The van der Waals surface area contributed by atoms with E-state index in [9.17, 15) is 9.18 Å². The van der Waals surface area contributed by atoms with E-state index in [0.29, 0.717) is 16.4 Å². The zero-order valence-electron chi connectivity index (χ0n) is 15.2. The maximum absolute atomic E-state index is 12.9. The topological polar surface area (TPSA) is 68.0 Å². The minimum absolute atomic E-state index is 0.132. The van der Waals surface area contributed by atoms with Gasteiger partial charge in [0, 0.05) is 23.7 Å². The number of ether oxygens (including phenoxy) is 1. The molecule has 27 heavy (non-hydrogen) atoms. The Bertz CT molecular complexity index is 1070. The van der Waals surface area contributed by atoms with E-state index in [1.807, 2.05) is 19.9 Å². The first-order valence-electron chi connectivity index (χ1n) is 8.24. The lowest BCUT2D eigenvalue weighted by molar-refractivity contribution is 0.301. The molecule has 1 aromatic carbocycles. The Kier molecular flexibility index (Phi) is 5.66. The van der Waals surface area contributed by atoms with Gasteiger partial charge in [-0.3, -0.25) is 14.2 Å². The standard InChI is InChI=1S/C19H19FN4O2S/c1-12(22-11-21-3)8-17-13(2)27-19-23-15(9-18(25)24(17)19)10-26-16-6-4-14(20)5-7-16/h4-9,11H,10H2,1-3H3,(H,21,22)/b12-8-. The lowest BCUT2D eigenvalue weighted by atomic mass is 10.3. The van der Waals surface area contributed by atoms with Crippen LogP contribution in [-0.2, 0) is 6.61 Å². The quantitative estimate of drug-likeness (QED) is 0.521. The molecule has 0 spiro atoms. The molecule has 0 unspecified atom stereocenters. The SMILES string of the molecule is CN=CN/C(C)=C\c1c(C)sc2nc(COc3ccc(F)cc3)cc(=O)n12. The van der Waals surface area contributed by atoms with Gasteiger partial charge in [-0.25, -0.2) is 9.37 Å². The van der Waals surface area contributed by atoms with Gasteiger partial charge in [0.1, 0.15) is 18.2 Å². The van der Waals surface area contributed by atoms with Gasteiger partial charge < -0.3 is 10.1 Å². The molecule has 8 heteroatoms. The Hall–Kier alpha value is -3.00. The zero-order chi connectivity index (χ0) is 19.4. The Morgan fingerprint density at radius 3 is 2.85 bits per heavy atom. The summed E-state index contributed by atoms with van der Waals surface area (Å²) >= 11 is 1.44. The number of hydrogen-bond donors (Lipinski definition) is 1. The van der Waals surface area contributed by atoms with Crippen LogP contribution in [0.5, 0.6) is 5.75 Å². The molecule has 0 aliphatic rings. The van der Waals surface area contributed by atoms with Crippen molar-refractivity contribution in [2.75, 3.05) is 7.05 Å². The third-order valence-corrected chi connectivity index (χ3v) is 4.73. The molecule has 0 saturated carbocycles. The van der Waals surface area contributed by atoms with Gasteiger partial charge in [-0.1, -0.05) is 0 Å². The Labute approximate surface area is 159 Å². The lowest BCUT2D eigenvalue weighted by Crippen LogP contribution is -2.17. The molecule has 0 aliphatic heterocycles. The Morgan fingerprint density at radius 2 is 2.15 bits per heavy atom. The Morgan fingerprint density at radius 1 is 1.41 bits per heavy atom. The van der Waals surface area contributed by atoms with Crippen LogP contribution < -0.4 is 15.6 Å². The maximum Gasteiger partial charge on any atom is 0.259 e. The molecule has 2 aromatic heterocycles. The van der Waals surface area contributed by atoms with Crippen LogP contribution in [0.25, 0.3) is 11.0 Å². The molecule has 0 aliphatic carbocycles. The number of nitrogens with zero attached hydrogens (tertiary/aromatic N) is 3. The number of aliphatic imine (C=N–C) groups is 1. The van der Waals surface area contributed by atoms with Crippen LogP contribution in [-0.4, -0.2) is 22.8 Å². The van der Waals surface area contributed by atoms with Gasteiger partial charge >= 0.3 is 0 Å². The highest BCUT2D eigenvalue weighted by Gasteiger charge is 2.12. The van der Waals surface area contributed by atoms with Crippen LogP contribution in [0.1, 0.15) is 23.2 Å². The number of hydrogen-bond acceptors (Lipinski definition) is 5. The fourth-order valence-electron chi connectivity index (χ4n) is 2.48. The van der Waals surface area contributed by atoms with Gasteiger partial charge in [-0.05, 0) is 44.2 Å². The van der Waals surface area contributed by atoms with E-state index < -0.39 is 0 Å². The molecule has 0 fully saturated rings. The molecule has 0 bridgehead atoms. The molecule has 0 radical (unpaired) electrons. The van der Waals surface area contributed by atoms with Crippen molar-refractivity contribution in [2.24, 2.45) is 4.99 Å². The summed E-state index contributed by atoms with van der Waals surface area (Å²) in [6, 6.07) is 7.17. The fourth-order valence-corrected chi connectivity index (χ4v) is 3.46. The third kappa shape index (κ3) is 4.40. The van der Waals surface area contributed by atoms with Crippen LogP contribution >= 0.6 is 11.3 Å². The first-order valence-corrected chi connectivity index (χ1v) is 9.05. The molecule has 3 aromatic rings. The van der Waals surface area contributed by atoms with Crippen molar-refractivity contribution < 1.29 is 9.13 Å². The van der Waals surface area contributed by atoms with Crippen molar-refractivity contribution in [2.45, 2.75) is 20.5 Å². The minimum Gasteiger partial charge on any atom is -0.487 e. The number of fused-ring (bicyclic) bond motifs is 1. The normalized spacial score (nSPS) is 12.1. The third-order valence-electron chi connectivity index (χ3n) is 3.76. The van der Waals surface area contributed by atoms with Gasteiger partial charge in [0.05, 0.1) is 17.7 Å². The van der Waals surface area contributed by atoms with Gasteiger partial charge in [0.25, 0.3) is 5.56 Å². The summed E-state index contributed by atoms with van der Waals surface area (Å²) in [5.74, 6) is 0.188. The number of nitrogens with one attached hydrogen (secondary N) is 1. The highest BCUT2D eigenvalue weighted by Crippen LogP contribution is 2.22. The largest absolute Gasteiger partial charge is 0.487 e. The maximum atomic E-state index is 12.9. The highest BCUT2D eigenvalue weighted by atomic mass is 32.1. The predicted octanol–water partition coefficient (Wildman–Crippen LogP) is 3.39. The van der Waals surface area contributed by atoms with E-state index in [0.717, 1.165) is 16.3 Å². The number of aromatic nitrogens is 2. The van der Waals surface area contributed by atoms with Crippen LogP contribution in [0.15, 0.2) is 45.8 Å². The van der Waals surface area contributed by atoms with Crippen molar-refractivity contribution in [3.8, 4) is 5.75 Å². The van der Waals surface area contributed by atoms with E-state index in [1.165, 1.54) is 41.7 Å². The predicted molar refractivity (Wildman–Crippen MR) is 106 cm³/mol. The van der Waals surface area contributed by atoms with Crippen LogP contribution in [0.2, 0.25) is 0 Å². The highest BCUT2D eigenvalue weighted by molar-refractivity contribution is 7.17. The van der Waals surface area contributed by atoms with E-state index in [-0.39, 0.29) is 18.0 Å². The molecule has 6 nitrogen and oxygen atoms in total. The summed E-state index contributed by atoms with van der Waals surface area (Å²) in [6.07, 6.45) is 3.47. The van der Waals surface area contributed by atoms with E-state index >= 15 is 0 Å². The van der Waals surface area contributed by atoms with Crippen molar-refractivity contribution in [3.63, 3.8) is 0 Å². The monoisotopic (exact) mass is 386 g/mol. The van der Waals surface area contributed by atoms with Gasteiger partial charge in [0.15, 0.2) is 4.96 Å². The smallest absolute Gasteiger partial charge is 0.259 e. The molecule has 1 N–H and O–H groups in total. The minimum atomic E-state index is -0.329. The molecule has 140 valence electrons. The second-order valence-corrected chi connectivity index (χ2v) is 7.03. The number of benzene rings is 1. The fraction of sp³-hybridized carbons (Fsp3) is 0.211. The number of aryl methyl sites for hydroxylation is 1. The first kappa shape index (κ1) is 18.8. The molecule has 3 rings (SSSR count). The Balaban J connectivity index is 1.89. The molecule has 0 atom stereocenters.